The lowest BCUT2D eigenvalue weighted by atomic mass is 10.2. The molecule has 18 heavy (non-hydrogen) atoms. The predicted molar refractivity (Wildman–Crippen MR) is 73.6 cm³/mol. The smallest absolute Gasteiger partial charge is 0.0947 e. The lowest BCUT2D eigenvalue weighted by Gasteiger charge is -2.25. The molecule has 1 aliphatic rings. The van der Waals surface area contributed by atoms with Crippen LogP contribution in [0.2, 0.25) is 0 Å². The van der Waals surface area contributed by atoms with E-state index in [2.05, 4.69) is 29.2 Å². The largest absolute Gasteiger partial charge is 0.472 e. The van der Waals surface area contributed by atoms with Gasteiger partial charge in [-0.25, -0.2) is 0 Å². The molecule has 0 radical (unpaired) electrons. The normalized spacial score (nSPS) is 20.9. The Morgan fingerprint density at radius 1 is 1.56 bits per heavy atom. The lowest BCUT2D eigenvalue weighted by Crippen LogP contribution is -2.39. The van der Waals surface area contributed by atoms with Gasteiger partial charge >= 0.3 is 0 Å². The fourth-order valence-corrected chi connectivity index (χ4v) is 2.56. The van der Waals surface area contributed by atoms with Crippen molar-refractivity contribution in [1.29, 1.82) is 0 Å². The summed E-state index contributed by atoms with van der Waals surface area (Å²) in [6.45, 7) is 5.47. The third-order valence-corrected chi connectivity index (χ3v) is 3.77. The number of nitrogens with zero attached hydrogens (tertiary/aromatic N) is 2. The topological polar surface area (TPSA) is 31.6 Å². The van der Waals surface area contributed by atoms with Gasteiger partial charge in [-0.05, 0) is 39.5 Å². The number of nitrogens with one attached hydrogen (secondary N) is 1. The Morgan fingerprint density at radius 2 is 2.44 bits per heavy atom. The summed E-state index contributed by atoms with van der Waals surface area (Å²) < 4.78 is 5.04. The zero-order valence-corrected chi connectivity index (χ0v) is 11.6. The highest BCUT2D eigenvalue weighted by Gasteiger charge is 2.21. The number of likely N-dealkylation sites (tertiary alicyclic amines) is 1. The SMILES string of the molecule is CN(CCNCc1ccoc1)CC1CCCN1C. The second kappa shape index (κ2) is 6.92. The average molecular weight is 251 g/mol. The third-order valence-electron chi connectivity index (χ3n) is 3.77. The van der Waals surface area contributed by atoms with Gasteiger partial charge in [0.15, 0.2) is 0 Å². The van der Waals surface area contributed by atoms with E-state index in [9.17, 15) is 0 Å². The summed E-state index contributed by atoms with van der Waals surface area (Å²) in [6, 6.07) is 2.76. The zero-order valence-electron chi connectivity index (χ0n) is 11.6. The first-order valence-corrected chi connectivity index (χ1v) is 6.86. The van der Waals surface area contributed by atoms with E-state index in [1.807, 2.05) is 6.07 Å². The fraction of sp³-hybridized carbons (Fsp3) is 0.714. The van der Waals surface area contributed by atoms with Gasteiger partial charge in [0, 0.05) is 37.8 Å². The molecule has 1 saturated heterocycles. The second-order valence-corrected chi connectivity index (χ2v) is 5.35. The Labute approximate surface area is 110 Å². The van der Waals surface area contributed by atoms with Crippen LogP contribution in [0.4, 0.5) is 0 Å². The van der Waals surface area contributed by atoms with Crippen molar-refractivity contribution in [2.75, 3.05) is 40.3 Å². The van der Waals surface area contributed by atoms with Gasteiger partial charge in [-0.2, -0.15) is 0 Å². The molecular formula is C14H25N3O. The molecule has 1 unspecified atom stereocenters. The Morgan fingerprint density at radius 3 is 3.11 bits per heavy atom. The van der Waals surface area contributed by atoms with Crippen molar-refractivity contribution < 1.29 is 4.42 Å². The van der Waals surface area contributed by atoms with E-state index < -0.39 is 0 Å². The monoisotopic (exact) mass is 251 g/mol. The summed E-state index contributed by atoms with van der Waals surface area (Å²) in [4.78, 5) is 4.91. The quantitative estimate of drug-likeness (QED) is 0.742. The Bertz CT molecular complexity index is 326. The molecule has 1 aromatic heterocycles. The molecule has 1 aromatic rings. The van der Waals surface area contributed by atoms with Crippen molar-refractivity contribution in [3.05, 3.63) is 24.2 Å². The molecule has 0 bridgehead atoms. The van der Waals surface area contributed by atoms with E-state index in [0.29, 0.717) is 0 Å². The van der Waals surface area contributed by atoms with E-state index in [-0.39, 0.29) is 0 Å². The summed E-state index contributed by atoms with van der Waals surface area (Å²) in [6.07, 6.45) is 6.22. The van der Waals surface area contributed by atoms with E-state index in [4.69, 9.17) is 4.42 Å². The molecular weight excluding hydrogens is 226 g/mol. The van der Waals surface area contributed by atoms with Crippen LogP contribution in [0.3, 0.4) is 0 Å². The van der Waals surface area contributed by atoms with E-state index in [0.717, 1.165) is 25.7 Å². The Balaban J connectivity index is 1.55. The van der Waals surface area contributed by atoms with Crippen molar-refractivity contribution in [2.45, 2.75) is 25.4 Å². The number of hydrogen-bond acceptors (Lipinski definition) is 4. The first-order valence-electron chi connectivity index (χ1n) is 6.86. The van der Waals surface area contributed by atoms with Crippen LogP contribution in [-0.2, 0) is 6.54 Å². The van der Waals surface area contributed by atoms with Gasteiger partial charge in [0.2, 0.25) is 0 Å². The van der Waals surface area contributed by atoms with Crippen LogP contribution in [0.1, 0.15) is 18.4 Å². The number of likely N-dealkylation sites (N-methyl/N-ethyl adjacent to an activating group) is 2. The minimum atomic E-state index is 0.754. The van der Waals surface area contributed by atoms with Crippen molar-refractivity contribution in [1.82, 2.24) is 15.1 Å². The van der Waals surface area contributed by atoms with Crippen LogP contribution in [0.15, 0.2) is 23.0 Å². The summed E-state index contributed by atoms with van der Waals surface area (Å²) in [5.41, 5.74) is 1.22. The highest BCUT2D eigenvalue weighted by Crippen LogP contribution is 2.15. The van der Waals surface area contributed by atoms with Crippen LogP contribution < -0.4 is 5.32 Å². The van der Waals surface area contributed by atoms with Gasteiger partial charge in [-0.15, -0.1) is 0 Å². The fourth-order valence-electron chi connectivity index (χ4n) is 2.56. The zero-order chi connectivity index (χ0) is 12.8. The summed E-state index contributed by atoms with van der Waals surface area (Å²) in [5, 5.41) is 3.44. The van der Waals surface area contributed by atoms with E-state index >= 15 is 0 Å². The molecule has 0 saturated carbocycles. The highest BCUT2D eigenvalue weighted by atomic mass is 16.3. The standard InChI is InChI=1S/C14H25N3O/c1-16(11-14-4-3-7-17(14)2)8-6-15-10-13-5-9-18-12-13/h5,9,12,14-15H,3-4,6-8,10-11H2,1-2H3. The number of rotatable bonds is 7. The van der Waals surface area contributed by atoms with Crippen LogP contribution in [-0.4, -0.2) is 56.1 Å². The maximum Gasteiger partial charge on any atom is 0.0947 e. The van der Waals surface area contributed by atoms with Gasteiger partial charge < -0.3 is 19.5 Å². The van der Waals surface area contributed by atoms with Crippen molar-refractivity contribution >= 4 is 0 Å². The van der Waals surface area contributed by atoms with Crippen LogP contribution in [0, 0.1) is 0 Å². The molecule has 2 heterocycles. The third kappa shape index (κ3) is 4.12. The minimum Gasteiger partial charge on any atom is -0.472 e. The molecule has 1 aliphatic heterocycles. The van der Waals surface area contributed by atoms with Gasteiger partial charge in [0.05, 0.1) is 12.5 Å². The molecule has 1 atom stereocenters. The summed E-state index contributed by atoms with van der Waals surface area (Å²) in [7, 11) is 4.45. The molecule has 4 nitrogen and oxygen atoms in total. The molecule has 0 aliphatic carbocycles. The molecule has 0 amide bonds. The maximum absolute atomic E-state index is 5.04. The van der Waals surface area contributed by atoms with Crippen LogP contribution in [0.25, 0.3) is 0 Å². The summed E-state index contributed by atoms with van der Waals surface area (Å²) >= 11 is 0. The second-order valence-electron chi connectivity index (χ2n) is 5.35. The highest BCUT2D eigenvalue weighted by molar-refractivity contribution is 5.04. The number of furan rings is 1. The van der Waals surface area contributed by atoms with Crippen LogP contribution in [0.5, 0.6) is 0 Å². The Kier molecular flexibility index (Phi) is 5.23. The first kappa shape index (κ1) is 13.6. The molecule has 0 aromatic carbocycles. The maximum atomic E-state index is 5.04. The molecule has 102 valence electrons. The van der Waals surface area contributed by atoms with Crippen molar-refractivity contribution in [3.63, 3.8) is 0 Å². The van der Waals surface area contributed by atoms with Gasteiger partial charge in [0.1, 0.15) is 0 Å². The molecule has 1 N–H and O–H groups in total. The van der Waals surface area contributed by atoms with Gasteiger partial charge in [0.25, 0.3) is 0 Å². The van der Waals surface area contributed by atoms with Gasteiger partial charge in [-0.1, -0.05) is 0 Å². The lowest BCUT2D eigenvalue weighted by molar-refractivity contribution is 0.220. The predicted octanol–water partition coefficient (Wildman–Crippen LogP) is 1.40. The van der Waals surface area contributed by atoms with E-state index in [1.54, 1.807) is 12.5 Å². The molecule has 0 spiro atoms. The summed E-state index contributed by atoms with van der Waals surface area (Å²) in [5.74, 6) is 0. The molecule has 2 rings (SSSR count). The molecule has 4 heteroatoms. The van der Waals surface area contributed by atoms with Crippen molar-refractivity contribution in [2.24, 2.45) is 0 Å². The molecule has 1 fully saturated rings. The van der Waals surface area contributed by atoms with E-state index in [1.165, 1.54) is 31.5 Å². The average Bonchev–Trinajstić information content (AvgIpc) is 2.98. The Hall–Kier alpha value is -0.840. The number of hydrogen-bond donors (Lipinski definition) is 1. The van der Waals surface area contributed by atoms with Gasteiger partial charge in [-0.3, -0.25) is 0 Å². The first-order chi connectivity index (χ1) is 8.75. The van der Waals surface area contributed by atoms with Crippen molar-refractivity contribution in [3.8, 4) is 0 Å². The minimum absolute atomic E-state index is 0.754. The van der Waals surface area contributed by atoms with Crippen LogP contribution >= 0.6 is 0 Å².